The summed E-state index contributed by atoms with van der Waals surface area (Å²) in [5.74, 6) is 1.27. The van der Waals surface area contributed by atoms with Gasteiger partial charge < -0.3 is 9.47 Å². The van der Waals surface area contributed by atoms with Crippen molar-refractivity contribution in [3.63, 3.8) is 0 Å². The predicted molar refractivity (Wildman–Crippen MR) is 104 cm³/mol. The number of hydrogen-bond donors (Lipinski definition) is 0. The molecule has 0 bridgehead atoms. The smallest absolute Gasteiger partial charge is 0.293 e. The van der Waals surface area contributed by atoms with E-state index in [9.17, 15) is 9.59 Å². The van der Waals surface area contributed by atoms with Gasteiger partial charge >= 0.3 is 0 Å². The molecule has 0 aromatic heterocycles. The largest absolute Gasteiger partial charge is 0.493 e. The first kappa shape index (κ1) is 19.8. The van der Waals surface area contributed by atoms with E-state index in [4.69, 9.17) is 9.47 Å². The number of carbonyl (C=O) groups is 2. The van der Waals surface area contributed by atoms with Crippen molar-refractivity contribution in [1.82, 2.24) is 4.90 Å². The summed E-state index contributed by atoms with van der Waals surface area (Å²) in [6.07, 6.45) is 1.71. The average molecular weight is 428 g/mol. The third kappa shape index (κ3) is 4.79. The van der Waals surface area contributed by atoms with Crippen molar-refractivity contribution >= 4 is 44.9 Å². The van der Waals surface area contributed by atoms with E-state index in [1.54, 1.807) is 12.1 Å². The van der Waals surface area contributed by atoms with Crippen molar-refractivity contribution in [2.24, 2.45) is 5.92 Å². The van der Waals surface area contributed by atoms with Crippen LogP contribution in [0.5, 0.6) is 11.5 Å². The number of imide groups is 1. The number of halogens is 1. The molecule has 0 radical (unpaired) electrons. The molecule has 0 spiro atoms. The first-order chi connectivity index (χ1) is 11.9. The van der Waals surface area contributed by atoms with E-state index < -0.39 is 0 Å². The summed E-state index contributed by atoms with van der Waals surface area (Å²) in [4.78, 5) is 26.3. The fraction of sp³-hybridized carbons (Fsp3) is 0.444. The Morgan fingerprint density at radius 3 is 2.40 bits per heavy atom. The topological polar surface area (TPSA) is 55.8 Å². The highest BCUT2D eigenvalue weighted by atomic mass is 79.9. The first-order valence-electron chi connectivity index (χ1n) is 8.21. The molecule has 136 valence electrons. The van der Waals surface area contributed by atoms with Gasteiger partial charge in [0, 0.05) is 18.2 Å². The zero-order valence-electron chi connectivity index (χ0n) is 14.8. The molecule has 1 aromatic rings. The van der Waals surface area contributed by atoms with E-state index in [1.165, 1.54) is 4.90 Å². The number of hydrogen-bond acceptors (Lipinski definition) is 5. The van der Waals surface area contributed by atoms with Crippen molar-refractivity contribution < 1.29 is 19.1 Å². The molecular formula is C18H22BrNO4S. The van der Waals surface area contributed by atoms with Crippen LogP contribution in [0.25, 0.3) is 6.08 Å². The second kappa shape index (κ2) is 8.76. The lowest BCUT2D eigenvalue weighted by Gasteiger charge is -2.14. The van der Waals surface area contributed by atoms with E-state index in [0.717, 1.165) is 21.8 Å². The molecule has 1 aromatic carbocycles. The van der Waals surface area contributed by atoms with Crippen LogP contribution in [0.3, 0.4) is 0 Å². The van der Waals surface area contributed by atoms with Crippen LogP contribution in [0.4, 0.5) is 4.79 Å². The number of amides is 2. The SMILES string of the molecule is CCOc1cc(OCC)c(C=C2SC(=O)N(CC(C)C)C2=O)cc1Br. The molecule has 0 aliphatic carbocycles. The van der Waals surface area contributed by atoms with Crippen molar-refractivity contribution in [1.29, 1.82) is 0 Å². The molecule has 1 saturated heterocycles. The van der Waals surface area contributed by atoms with Crippen LogP contribution in [0.2, 0.25) is 0 Å². The zero-order chi connectivity index (χ0) is 18.6. The van der Waals surface area contributed by atoms with Crippen LogP contribution in [0.15, 0.2) is 21.5 Å². The maximum absolute atomic E-state index is 12.5. The van der Waals surface area contributed by atoms with Gasteiger partial charge in [-0.05, 0) is 59.6 Å². The summed E-state index contributed by atoms with van der Waals surface area (Å²) in [5.41, 5.74) is 0.729. The van der Waals surface area contributed by atoms with E-state index >= 15 is 0 Å². The van der Waals surface area contributed by atoms with Gasteiger partial charge in [0.15, 0.2) is 0 Å². The van der Waals surface area contributed by atoms with E-state index in [1.807, 2.05) is 33.8 Å². The molecule has 0 N–H and O–H groups in total. The molecule has 2 rings (SSSR count). The van der Waals surface area contributed by atoms with Gasteiger partial charge in [-0.1, -0.05) is 13.8 Å². The number of carbonyl (C=O) groups excluding carboxylic acids is 2. The molecule has 1 fully saturated rings. The maximum Gasteiger partial charge on any atom is 0.293 e. The van der Waals surface area contributed by atoms with Gasteiger partial charge in [-0.2, -0.15) is 0 Å². The Morgan fingerprint density at radius 2 is 1.80 bits per heavy atom. The Balaban J connectivity index is 2.38. The van der Waals surface area contributed by atoms with Gasteiger partial charge in [-0.3, -0.25) is 14.5 Å². The Morgan fingerprint density at radius 1 is 1.16 bits per heavy atom. The predicted octanol–water partition coefficient (Wildman–Crippen LogP) is 4.94. The highest BCUT2D eigenvalue weighted by Crippen LogP contribution is 2.38. The number of benzene rings is 1. The van der Waals surface area contributed by atoms with Gasteiger partial charge in [0.05, 0.1) is 22.6 Å². The van der Waals surface area contributed by atoms with Crippen LogP contribution in [-0.4, -0.2) is 35.8 Å². The number of thioether (sulfide) groups is 1. The zero-order valence-corrected chi connectivity index (χ0v) is 17.2. The lowest BCUT2D eigenvalue weighted by Crippen LogP contribution is -2.31. The molecule has 0 unspecified atom stereocenters. The molecular weight excluding hydrogens is 406 g/mol. The summed E-state index contributed by atoms with van der Waals surface area (Å²) in [6, 6.07) is 3.63. The van der Waals surface area contributed by atoms with Crippen LogP contribution in [0, 0.1) is 5.92 Å². The van der Waals surface area contributed by atoms with Crippen LogP contribution < -0.4 is 9.47 Å². The van der Waals surface area contributed by atoms with Crippen LogP contribution >= 0.6 is 27.7 Å². The van der Waals surface area contributed by atoms with Gasteiger partial charge in [-0.25, -0.2) is 0 Å². The number of ether oxygens (including phenoxy) is 2. The van der Waals surface area contributed by atoms with Gasteiger partial charge in [0.25, 0.3) is 11.1 Å². The van der Waals surface area contributed by atoms with Crippen LogP contribution in [-0.2, 0) is 4.79 Å². The van der Waals surface area contributed by atoms with Gasteiger partial charge in [0.2, 0.25) is 0 Å². The monoisotopic (exact) mass is 427 g/mol. The Bertz CT molecular complexity index is 703. The molecule has 0 saturated carbocycles. The second-order valence-electron chi connectivity index (χ2n) is 5.87. The van der Waals surface area contributed by atoms with E-state index in [-0.39, 0.29) is 17.1 Å². The minimum Gasteiger partial charge on any atom is -0.493 e. The molecule has 1 heterocycles. The number of nitrogens with zero attached hydrogens (tertiary/aromatic N) is 1. The van der Waals surface area contributed by atoms with E-state index in [0.29, 0.717) is 36.2 Å². The molecule has 5 nitrogen and oxygen atoms in total. The third-order valence-electron chi connectivity index (χ3n) is 3.37. The van der Waals surface area contributed by atoms with Crippen molar-refractivity contribution in [3.05, 3.63) is 27.1 Å². The fourth-order valence-electron chi connectivity index (χ4n) is 2.37. The summed E-state index contributed by atoms with van der Waals surface area (Å²) in [5, 5.41) is -0.229. The molecule has 2 amide bonds. The highest BCUT2D eigenvalue weighted by molar-refractivity contribution is 9.10. The third-order valence-corrected chi connectivity index (χ3v) is 4.90. The highest BCUT2D eigenvalue weighted by Gasteiger charge is 2.35. The molecule has 1 aliphatic rings. The summed E-state index contributed by atoms with van der Waals surface area (Å²) < 4.78 is 12.0. The maximum atomic E-state index is 12.5. The molecule has 0 atom stereocenters. The second-order valence-corrected chi connectivity index (χ2v) is 7.72. The Kier molecular flexibility index (Phi) is 6.95. The normalized spacial score (nSPS) is 16.2. The molecule has 1 aliphatic heterocycles. The Hall–Kier alpha value is -1.47. The van der Waals surface area contributed by atoms with Crippen molar-refractivity contribution in [2.75, 3.05) is 19.8 Å². The molecule has 25 heavy (non-hydrogen) atoms. The summed E-state index contributed by atoms with van der Waals surface area (Å²) >= 11 is 4.44. The van der Waals surface area contributed by atoms with Crippen molar-refractivity contribution in [2.45, 2.75) is 27.7 Å². The number of rotatable bonds is 7. The first-order valence-corrected chi connectivity index (χ1v) is 9.82. The minimum absolute atomic E-state index is 0.228. The average Bonchev–Trinajstić information content (AvgIpc) is 2.79. The van der Waals surface area contributed by atoms with Crippen LogP contribution in [0.1, 0.15) is 33.3 Å². The van der Waals surface area contributed by atoms with Gasteiger partial charge in [0.1, 0.15) is 11.5 Å². The quantitative estimate of drug-likeness (QED) is 0.576. The fourth-order valence-corrected chi connectivity index (χ4v) is 3.69. The Labute approximate surface area is 160 Å². The lowest BCUT2D eigenvalue weighted by atomic mass is 10.1. The molecule has 7 heteroatoms. The standard InChI is InChI=1S/C18H22BrNO4S/c1-5-23-14-9-15(24-6-2)13(19)7-12(14)8-16-17(21)20(10-11(3)4)18(22)25-16/h7-9,11H,5-6,10H2,1-4H3. The summed E-state index contributed by atoms with van der Waals surface area (Å²) in [7, 11) is 0. The summed E-state index contributed by atoms with van der Waals surface area (Å²) in [6.45, 7) is 9.20. The van der Waals surface area contributed by atoms with Crippen molar-refractivity contribution in [3.8, 4) is 11.5 Å². The lowest BCUT2D eigenvalue weighted by molar-refractivity contribution is -0.123. The van der Waals surface area contributed by atoms with E-state index in [2.05, 4.69) is 15.9 Å². The van der Waals surface area contributed by atoms with Gasteiger partial charge in [-0.15, -0.1) is 0 Å². The minimum atomic E-state index is -0.254.